The van der Waals surface area contributed by atoms with E-state index in [9.17, 15) is 4.79 Å². The molecule has 3 rings (SSSR count). The number of carbonyl (C=O) groups is 1. The Morgan fingerprint density at radius 1 is 1.18 bits per heavy atom. The third-order valence-electron chi connectivity index (χ3n) is 4.79. The highest BCUT2D eigenvalue weighted by molar-refractivity contribution is 5.75. The maximum absolute atomic E-state index is 11.3. The molecule has 1 heterocycles. The van der Waals surface area contributed by atoms with Crippen LogP contribution in [0.4, 0.5) is 0 Å². The molecule has 2 fully saturated rings. The van der Waals surface area contributed by atoms with Crippen molar-refractivity contribution in [1.82, 2.24) is 10.2 Å². The summed E-state index contributed by atoms with van der Waals surface area (Å²) in [6.07, 6.45) is 5.33. The second-order valence-electron chi connectivity index (χ2n) is 7.00. The molecule has 1 saturated carbocycles. The first-order valence-electron chi connectivity index (χ1n) is 8.47. The highest BCUT2D eigenvalue weighted by Crippen LogP contribution is 2.37. The summed E-state index contributed by atoms with van der Waals surface area (Å²) in [5.74, 6) is 1.43. The molecular weight excluding hydrogens is 274 g/mol. The van der Waals surface area contributed by atoms with Gasteiger partial charge < -0.3 is 11.1 Å². The highest BCUT2D eigenvalue weighted by atomic mass is 16.1. The van der Waals surface area contributed by atoms with E-state index in [-0.39, 0.29) is 5.91 Å². The van der Waals surface area contributed by atoms with Crippen LogP contribution in [-0.2, 0) is 11.3 Å². The lowest BCUT2D eigenvalue weighted by atomic mass is 9.89. The van der Waals surface area contributed by atoms with E-state index in [1.54, 1.807) is 0 Å². The lowest BCUT2D eigenvalue weighted by molar-refractivity contribution is -0.119. The minimum atomic E-state index is -0.214. The van der Waals surface area contributed by atoms with Gasteiger partial charge in [0.25, 0.3) is 0 Å². The summed E-state index contributed by atoms with van der Waals surface area (Å²) in [4.78, 5) is 13.5. The van der Waals surface area contributed by atoms with Gasteiger partial charge >= 0.3 is 0 Å². The maximum Gasteiger partial charge on any atom is 0.231 e. The van der Waals surface area contributed by atoms with Crippen LogP contribution in [-0.4, -0.2) is 36.5 Å². The van der Waals surface area contributed by atoms with Crippen molar-refractivity contribution in [3.8, 4) is 0 Å². The van der Waals surface area contributed by atoms with E-state index in [1.165, 1.54) is 31.2 Å². The molecular formula is C18H27N3O. The molecule has 2 unspecified atom stereocenters. The van der Waals surface area contributed by atoms with Crippen LogP contribution in [0.15, 0.2) is 30.3 Å². The average molecular weight is 301 g/mol. The van der Waals surface area contributed by atoms with Crippen LogP contribution in [0.2, 0.25) is 0 Å². The first-order valence-corrected chi connectivity index (χ1v) is 8.47. The zero-order valence-corrected chi connectivity index (χ0v) is 13.2. The average Bonchev–Trinajstić information content (AvgIpc) is 3.29. The molecule has 1 aliphatic carbocycles. The van der Waals surface area contributed by atoms with E-state index in [0.29, 0.717) is 18.5 Å². The highest BCUT2D eigenvalue weighted by Gasteiger charge is 2.32. The van der Waals surface area contributed by atoms with Crippen LogP contribution in [0.5, 0.6) is 0 Å². The Hall–Kier alpha value is -1.39. The molecule has 1 amide bonds. The van der Waals surface area contributed by atoms with Crippen LogP contribution in [0.25, 0.3) is 0 Å². The summed E-state index contributed by atoms with van der Waals surface area (Å²) in [5, 5.41) is 3.67. The molecule has 0 radical (unpaired) electrons. The van der Waals surface area contributed by atoms with Crippen LogP contribution in [0.3, 0.4) is 0 Å². The van der Waals surface area contributed by atoms with Gasteiger partial charge in [-0.25, -0.2) is 0 Å². The Balaban J connectivity index is 1.54. The van der Waals surface area contributed by atoms with Crippen molar-refractivity contribution in [3.05, 3.63) is 35.9 Å². The number of likely N-dealkylation sites (tertiary alicyclic amines) is 1. The summed E-state index contributed by atoms with van der Waals surface area (Å²) in [7, 11) is 0. The van der Waals surface area contributed by atoms with Gasteiger partial charge in [0.2, 0.25) is 5.91 Å². The zero-order chi connectivity index (χ0) is 15.4. The Morgan fingerprint density at radius 2 is 1.95 bits per heavy atom. The van der Waals surface area contributed by atoms with Crippen LogP contribution in [0.1, 0.15) is 31.2 Å². The number of amides is 1. The van der Waals surface area contributed by atoms with Gasteiger partial charge in [0.1, 0.15) is 0 Å². The topological polar surface area (TPSA) is 58.4 Å². The van der Waals surface area contributed by atoms with Gasteiger partial charge in [0.15, 0.2) is 0 Å². The first-order chi connectivity index (χ1) is 10.7. The molecule has 1 aromatic rings. The SMILES string of the molecule is NC(=O)CN1CC(CC2CC2)CC(NCc2ccccc2)C1. The minimum Gasteiger partial charge on any atom is -0.369 e. The molecule has 4 heteroatoms. The van der Waals surface area contributed by atoms with Gasteiger partial charge in [-0.05, 0) is 30.2 Å². The summed E-state index contributed by atoms with van der Waals surface area (Å²) < 4.78 is 0. The number of rotatable bonds is 7. The molecule has 22 heavy (non-hydrogen) atoms. The van der Waals surface area contributed by atoms with Crippen LogP contribution in [0, 0.1) is 11.8 Å². The quantitative estimate of drug-likeness (QED) is 0.807. The lowest BCUT2D eigenvalue weighted by Gasteiger charge is -2.38. The number of hydrogen-bond acceptors (Lipinski definition) is 3. The van der Waals surface area contributed by atoms with E-state index in [2.05, 4.69) is 34.5 Å². The van der Waals surface area contributed by atoms with Gasteiger partial charge in [-0.15, -0.1) is 0 Å². The Labute approximate surface area is 133 Å². The van der Waals surface area contributed by atoms with Crippen molar-refractivity contribution >= 4 is 5.91 Å². The number of primary amides is 1. The number of nitrogens with two attached hydrogens (primary N) is 1. The maximum atomic E-state index is 11.3. The van der Waals surface area contributed by atoms with E-state index in [4.69, 9.17) is 5.73 Å². The van der Waals surface area contributed by atoms with Gasteiger partial charge in [-0.2, -0.15) is 0 Å². The largest absolute Gasteiger partial charge is 0.369 e. The summed E-state index contributed by atoms with van der Waals surface area (Å²) in [6.45, 7) is 3.25. The van der Waals surface area contributed by atoms with E-state index in [0.717, 1.165) is 25.6 Å². The molecule has 0 spiro atoms. The fourth-order valence-corrected chi connectivity index (χ4v) is 3.65. The molecule has 120 valence electrons. The molecule has 2 aliphatic rings. The fourth-order valence-electron chi connectivity index (χ4n) is 3.65. The molecule has 1 saturated heterocycles. The number of hydrogen-bond donors (Lipinski definition) is 2. The molecule has 2 atom stereocenters. The minimum absolute atomic E-state index is 0.214. The number of nitrogens with one attached hydrogen (secondary N) is 1. The number of nitrogens with zero attached hydrogens (tertiary/aromatic N) is 1. The van der Waals surface area contributed by atoms with Crippen molar-refractivity contribution in [3.63, 3.8) is 0 Å². The van der Waals surface area contributed by atoms with Gasteiger partial charge in [-0.3, -0.25) is 9.69 Å². The predicted molar refractivity (Wildman–Crippen MR) is 88.2 cm³/mol. The smallest absolute Gasteiger partial charge is 0.231 e. The third kappa shape index (κ3) is 4.82. The Kier molecular flexibility index (Phi) is 5.11. The number of benzene rings is 1. The van der Waals surface area contributed by atoms with Crippen molar-refractivity contribution in [1.29, 1.82) is 0 Å². The number of piperidine rings is 1. The molecule has 1 aromatic carbocycles. The van der Waals surface area contributed by atoms with Gasteiger partial charge in [-0.1, -0.05) is 43.2 Å². The molecule has 1 aliphatic heterocycles. The van der Waals surface area contributed by atoms with E-state index < -0.39 is 0 Å². The molecule has 3 N–H and O–H groups in total. The Bertz CT molecular complexity index is 486. The van der Waals surface area contributed by atoms with Gasteiger partial charge in [0, 0.05) is 25.7 Å². The number of carbonyl (C=O) groups excluding carboxylic acids is 1. The van der Waals surface area contributed by atoms with Crippen molar-refractivity contribution < 1.29 is 4.79 Å². The normalized spacial score (nSPS) is 26.0. The Morgan fingerprint density at radius 3 is 2.64 bits per heavy atom. The summed E-state index contributed by atoms with van der Waals surface area (Å²) in [6, 6.07) is 11.0. The predicted octanol–water partition coefficient (Wildman–Crippen LogP) is 1.75. The van der Waals surface area contributed by atoms with Crippen molar-refractivity contribution in [2.24, 2.45) is 17.6 Å². The molecule has 0 aromatic heterocycles. The van der Waals surface area contributed by atoms with Crippen LogP contribution >= 0.6 is 0 Å². The standard InChI is InChI=1S/C18H27N3O/c19-18(22)13-21-11-16(8-14-6-7-14)9-17(12-21)20-10-15-4-2-1-3-5-15/h1-5,14,16-17,20H,6-13H2,(H2,19,22). The third-order valence-corrected chi connectivity index (χ3v) is 4.79. The van der Waals surface area contributed by atoms with E-state index in [1.807, 2.05) is 6.07 Å². The summed E-state index contributed by atoms with van der Waals surface area (Å²) >= 11 is 0. The summed E-state index contributed by atoms with van der Waals surface area (Å²) in [5.41, 5.74) is 6.71. The van der Waals surface area contributed by atoms with Gasteiger partial charge in [0.05, 0.1) is 6.54 Å². The van der Waals surface area contributed by atoms with Crippen molar-refractivity contribution in [2.75, 3.05) is 19.6 Å². The first kappa shape index (κ1) is 15.5. The fraction of sp³-hybridized carbons (Fsp3) is 0.611. The lowest BCUT2D eigenvalue weighted by Crippen LogP contribution is -2.51. The second kappa shape index (κ2) is 7.25. The monoisotopic (exact) mass is 301 g/mol. The zero-order valence-electron chi connectivity index (χ0n) is 13.2. The van der Waals surface area contributed by atoms with Crippen molar-refractivity contribution in [2.45, 2.75) is 38.3 Å². The molecule has 0 bridgehead atoms. The molecule has 4 nitrogen and oxygen atoms in total. The second-order valence-corrected chi connectivity index (χ2v) is 7.00. The van der Waals surface area contributed by atoms with E-state index >= 15 is 0 Å². The van der Waals surface area contributed by atoms with Crippen LogP contribution < -0.4 is 11.1 Å².